The van der Waals surface area contributed by atoms with E-state index in [4.69, 9.17) is 0 Å². The zero-order chi connectivity index (χ0) is 15.0. The van der Waals surface area contributed by atoms with Gasteiger partial charge in [-0.05, 0) is 42.1 Å². The molecule has 1 N–H and O–H groups in total. The summed E-state index contributed by atoms with van der Waals surface area (Å²) in [6.45, 7) is 2.01. The summed E-state index contributed by atoms with van der Waals surface area (Å²) in [5, 5.41) is 6.25. The van der Waals surface area contributed by atoms with Crippen molar-refractivity contribution < 1.29 is 8.42 Å². The minimum Gasteiger partial charge on any atom is -0.340 e. The zero-order valence-electron chi connectivity index (χ0n) is 11.5. The van der Waals surface area contributed by atoms with Crippen molar-refractivity contribution in [2.45, 2.75) is 11.8 Å². The Bertz CT molecular complexity index is 900. The maximum atomic E-state index is 11.4. The van der Waals surface area contributed by atoms with E-state index in [0.29, 0.717) is 4.90 Å². The summed E-state index contributed by atoms with van der Waals surface area (Å²) in [5.41, 5.74) is 1.90. The minimum atomic E-state index is -3.18. The maximum absolute atomic E-state index is 11.4. The Hall–Kier alpha value is -1.99. The second-order valence-corrected chi connectivity index (χ2v) is 7.62. The van der Waals surface area contributed by atoms with Crippen LogP contribution in [0.1, 0.15) is 5.56 Å². The first-order chi connectivity index (χ1) is 9.95. The van der Waals surface area contributed by atoms with E-state index in [1.54, 1.807) is 35.6 Å². The van der Waals surface area contributed by atoms with Crippen molar-refractivity contribution in [3.05, 3.63) is 41.5 Å². The van der Waals surface area contributed by atoms with E-state index >= 15 is 0 Å². The Morgan fingerprint density at radius 2 is 1.86 bits per heavy atom. The van der Waals surface area contributed by atoms with Gasteiger partial charge < -0.3 is 5.32 Å². The average molecular weight is 319 g/mol. The molecule has 0 amide bonds. The molecule has 7 heteroatoms. The molecule has 0 aliphatic heterocycles. The van der Waals surface area contributed by atoms with Crippen molar-refractivity contribution in [3.8, 4) is 0 Å². The number of benzene rings is 1. The number of anilines is 2. The first-order valence-electron chi connectivity index (χ1n) is 6.21. The van der Waals surface area contributed by atoms with Gasteiger partial charge in [-0.25, -0.2) is 18.4 Å². The third-order valence-corrected chi connectivity index (χ3v) is 5.23. The van der Waals surface area contributed by atoms with E-state index in [9.17, 15) is 8.42 Å². The molecule has 0 aliphatic carbocycles. The number of rotatable bonds is 3. The molecule has 0 unspecified atom stereocenters. The molecule has 108 valence electrons. The lowest BCUT2D eigenvalue weighted by atomic mass is 10.2. The summed E-state index contributed by atoms with van der Waals surface area (Å²) in [4.78, 5) is 9.74. The third kappa shape index (κ3) is 2.74. The van der Waals surface area contributed by atoms with Crippen molar-refractivity contribution in [1.82, 2.24) is 9.97 Å². The summed E-state index contributed by atoms with van der Waals surface area (Å²) in [6.07, 6.45) is 2.71. The van der Waals surface area contributed by atoms with Crippen LogP contribution >= 0.6 is 11.3 Å². The van der Waals surface area contributed by atoms with Crippen LogP contribution in [-0.2, 0) is 9.84 Å². The summed E-state index contributed by atoms with van der Waals surface area (Å²) in [7, 11) is -3.18. The zero-order valence-corrected chi connectivity index (χ0v) is 13.1. The Balaban J connectivity index is 1.97. The van der Waals surface area contributed by atoms with Gasteiger partial charge in [0.15, 0.2) is 9.84 Å². The molecule has 0 radical (unpaired) electrons. The number of aryl methyl sites for hydroxylation is 1. The number of nitrogens with one attached hydrogen (secondary N) is 1. The van der Waals surface area contributed by atoms with Crippen LogP contribution in [0.4, 0.5) is 11.5 Å². The highest BCUT2D eigenvalue weighted by atomic mass is 32.2. The minimum absolute atomic E-state index is 0.299. The number of thiophene rings is 1. The second kappa shape index (κ2) is 5.09. The Morgan fingerprint density at radius 3 is 2.52 bits per heavy atom. The number of fused-ring (bicyclic) bond motifs is 1. The van der Waals surface area contributed by atoms with Gasteiger partial charge in [0.1, 0.15) is 17.0 Å². The van der Waals surface area contributed by atoms with Gasteiger partial charge in [0.2, 0.25) is 0 Å². The highest BCUT2D eigenvalue weighted by molar-refractivity contribution is 7.90. The van der Waals surface area contributed by atoms with Crippen molar-refractivity contribution >= 4 is 42.9 Å². The monoisotopic (exact) mass is 319 g/mol. The molecule has 0 saturated carbocycles. The average Bonchev–Trinajstić information content (AvgIpc) is 2.81. The van der Waals surface area contributed by atoms with Crippen molar-refractivity contribution in [1.29, 1.82) is 0 Å². The summed E-state index contributed by atoms with van der Waals surface area (Å²) < 4.78 is 22.9. The number of hydrogen-bond acceptors (Lipinski definition) is 6. The fourth-order valence-electron chi connectivity index (χ4n) is 2.03. The maximum Gasteiger partial charge on any atom is 0.175 e. The highest BCUT2D eigenvalue weighted by Gasteiger charge is 2.10. The lowest BCUT2D eigenvalue weighted by Gasteiger charge is -2.08. The van der Waals surface area contributed by atoms with Crippen LogP contribution in [0.5, 0.6) is 0 Å². The van der Waals surface area contributed by atoms with Crippen LogP contribution in [0, 0.1) is 6.92 Å². The smallest absolute Gasteiger partial charge is 0.175 e. The fraction of sp³-hybridized carbons (Fsp3) is 0.143. The fourth-order valence-corrected chi connectivity index (χ4v) is 3.55. The molecule has 3 aromatic rings. The van der Waals surface area contributed by atoms with Crippen LogP contribution in [0.25, 0.3) is 10.2 Å². The number of hydrogen-bond donors (Lipinski definition) is 1. The first kappa shape index (κ1) is 14.0. The molecule has 0 atom stereocenters. The molecule has 2 heterocycles. The van der Waals surface area contributed by atoms with Crippen LogP contribution in [0.3, 0.4) is 0 Å². The van der Waals surface area contributed by atoms with Gasteiger partial charge in [0.05, 0.1) is 10.3 Å². The second-order valence-electron chi connectivity index (χ2n) is 4.74. The van der Waals surface area contributed by atoms with Gasteiger partial charge in [0, 0.05) is 11.9 Å². The molecule has 21 heavy (non-hydrogen) atoms. The number of aromatic nitrogens is 2. The molecule has 0 aliphatic rings. The van der Waals surface area contributed by atoms with Gasteiger partial charge in [-0.1, -0.05) is 0 Å². The molecule has 1 aromatic carbocycles. The third-order valence-electron chi connectivity index (χ3n) is 3.10. The van der Waals surface area contributed by atoms with E-state index in [2.05, 4.69) is 15.3 Å². The SMILES string of the molecule is Cc1csc2ncnc(Nc3ccc(S(C)(=O)=O)cc3)c12. The largest absolute Gasteiger partial charge is 0.340 e. The summed E-state index contributed by atoms with van der Waals surface area (Å²) in [6, 6.07) is 6.62. The Labute approximate surface area is 126 Å². The van der Waals surface area contributed by atoms with Gasteiger partial charge in [-0.15, -0.1) is 11.3 Å². The standard InChI is InChI=1S/C14H13N3O2S2/c1-9-7-20-14-12(9)13(15-8-16-14)17-10-3-5-11(6-4-10)21(2,18)19/h3-8H,1-2H3,(H,15,16,17). The molecular formula is C14H13N3O2S2. The normalized spacial score (nSPS) is 11.7. The van der Waals surface area contributed by atoms with Gasteiger partial charge in [-0.2, -0.15) is 0 Å². The molecular weight excluding hydrogens is 306 g/mol. The van der Waals surface area contributed by atoms with E-state index < -0.39 is 9.84 Å². The van der Waals surface area contributed by atoms with E-state index in [1.807, 2.05) is 12.3 Å². The summed E-state index contributed by atoms with van der Waals surface area (Å²) in [5.74, 6) is 0.728. The van der Waals surface area contributed by atoms with Gasteiger partial charge in [0.25, 0.3) is 0 Å². The summed E-state index contributed by atoms with van der Waals surface area (Å²) >= 11 is 1.57. The van der Waals surface area contributed by atoms with E-state index in [-0.39, 0.29) is 0 Å². The lowest BCUT2D eigenvalue weighted by molar-refractivity contribution is 0.602. The topological polar surface area (TPSA) is 72.0 Å². The van der Waals surface area contributed by atoms with Crippen LogP contribution in [-0.4, -0.2) is 24.6 Å². The Morgan fingerprint density at radius 1 is 1.14 bits per heavy atom. The van der Waals surface area contributed by atoms with Gasteiger partial charge in [-0.3, -0.25) is 0 Å². The molecule has 2 aromatic heterocycles. The molecule has 5 nitrogen and oxygen atoms in total. The van der Waals surface area contributed by atoms with Crippen LogP contribution < -0.4 is 5.32 Å². The van der Waals surface area contributed by atoms with Gasteiger partial charge >= 0.3 is 0 Å². The van der Waals surface area contributed by atoms with Crippen molar-refractivity contribution in [3.63, 3.8) is 0 Å². The van der Waals surface area contributed by atoms with Crippen molar-refractivity contribution in [2.24, 2.45) is 0 Å². The first-order valence-corrected chi connectivity index (χ1v) is 8.98. The van der Waals surface area contributed by atoms with Crippen molar-refractivity contribution in [2.75, 3.05) is 11.6 Å². The quantitative estimate of drug-likeness (QED) is 0.803. The number of sulfone groups is 1. The molecule has 0 saturated heterocycles. The molecule has 0 fully saturated rings. The highest BCUT2D eigenvalue weighted by Crippen LogP contribution is 2.30. The molecule has 0 spiro atoms. The number of nitrogens with zero attached hydrogens (tertiary/aromatic N) is 2. The van der Waals surface area contributed by atoms with E-state index in [0.717, 1.165) is 27.3 Å². The van der Waals surface area contributed by atoms with Crippen LogP contribution in [0.2, 0.25) is 0 Å². The lowest BCUT2D eigenvalue weighted by Crippen LogP contribution is -1.98. The predicted octanol–water partition coefficient (Wildman–Crippen LogP) is 3.15. The molecule has 0 bridgehead atoms. The van der Waals surface area contributed by atoms with E-state index in [1.165, 1.54) is 12.6 Å². The predicted molar refractivity (Wildman–Crippen MR) is 85.0 cm³/mol. The molecule has 3 rings (SSSR count). The Kier molecular flexibility index (Phi) is 3.38. The van der Waals surface area contributed by atoms with Crippen LogP contribution in [0.15, 0.2) is 40.9 Å².